The predicted molar refractivity (Wildman–Crippen MR) is 105 cm³/mol. The zero-order chi connectivity index (χ0) is 20.5. The summed E-state index contributed by atoms with van der Waals surface area (Å²) in [7, 11) is 4.76. The Morgan fingerprint density at radius 2 is 1.97 bits per heavy atom. The van der Waals surface area contributed by atoms with E-state index in [2.05, 4.69) is 10.3 Å². The van der Waals surface area contributed by atoms with Crippen molar-refractivity contribution in [3.05, 3.63) is 65.1 Å². The average Bonchev–Trinajstić information content (AvgIpc) is 3.07. The maximum Gasteiger partial charge on any atom is 0.322 e. The highest BCUT2D eigenvalue weighted by atomic mass is 16.5. The lowest BCUT2D eigenvalue weighted by Gasteiger charge is -2.31. The van der Waals surface area contributed by atoms with Gasteiger partial charge in [0.1, 0.15) is 0 Å². The van der Waals surface area contributed by atoms with Crippen LogP contribution >= 0.6 is 0 Å². The molecule has 1 aromatic carbocycles. The number of likely N-dealkylation sites (N-methyl/N-ethyl adjacent to an activating group) is 1. The van der Waals surface area contributed by atoms with Gasteiger partial charge in [-0.3, -0.25) is 14.7 Å². The Labute approximate surface area is 168 Å². The standard InChI is InChI=1S/C21H22N4O4/c1-24-15-12-25(11-13-7-4-5-10-22-13)20(26)17(15)18(23-21(24)27)14-8-6-9-16(28-2)19(14)29-3/h4-10,18H,11-12H2,1-3H3,(H,23,27). The zero-order valence-corrected chi connectivity index (χ0v) is 16.5. The molecule has 0 saturated carbocycles. The molecule has 0 saturated heterocycles. The van der Waals surface area contributed by atoms with E-state index < -0.39 is 6.04 Å². The van der Waals surface area contributed by atoms with Crippen LogP contribution in [0, 0.1) is 0 Å². The number of hydrogen-bond acceptors (Lipinski definition) is 5. The molecule has 29 heavy (non-hydrogen) atoms. The van der Waals surface area contributed by atoms with Gasteiger partial charge in [0.15, 0.2) is 11.5 Å². The van der Waals surface area contributed by atoms with E-state index in [1.165, 1.54) is 12.0 Å². The zero-order valence-electron chi connectivity index (χ0n) is 16.5. The van der Waals surface area contributed by atoms with Gasteiger partial charge in [-0.25, -0.2) is 4.79 Å². The number of nitrogens with zero attached hydrogens (tertiary/aromatic N) is 3. The largest absolute Gasteiger partial charge is 0.493 e. The molecule has 1 aromatic heterocycles. The molecule has 1 N–H and O–H groups in total. The number of carbonyl (C=O) groups is 2. The van der Waals surface area contributed by atoms with Crippen molar-refractivity contribution in [1.29, 1.82) is 0 Å². The molecule has 0 spiro atoms. The van der Waals surface area contributed by atoms with Crippen LogP contribution in [-0.2, 0) is 11.3 Å². The van der Waals surface area contributed by atoms with E-state index in [1.807, 2.05) is 30.3 Å². The molecule has 4 rings (SSSR count). The number of rotatable bonds is 5. The fourth-order valence-electron chi connectivity index (χ4n) is 3.81. The highest BCUT2D eigenvalue weighted by Gasteiger charge is 2.44. The summed E-state index contributed by atoms with van der Waals surface area (Å²) in [6.07, 6.45) is 1.70. The minimum Gasteiger partial charge on any atom is -0.493 e. The fraction of sp³-hybridized carbons (Fsp3) is 0.286. The summed E-state index contributed by atoms with van der Waals surface area (Å²) in [6.45, 7) is 0.716. The van der Waals surface area contributed by atoms with Crippen molar-refractivity contribution < 1.29 is 19.1 Å². The molecule has 0 radical (unpaired) electrons. The van der Waals surface area contributed by atoms with Gasteiger partial charge in [-0.05, 0) is 18.2 Å². The van der Waals surface area contributed by atoms with Gasteiger partial charge < -0.3 is 19.7 Å². The molecule has 2 aliphatic heterocycles. The van der Waals surface area contributed by atoms with Crippen molar-refractivity contribution in [3.8, 4) is 11.5 Å². The average molecular weight is 394 g/mol. The molecule has 3 amide bonds. The van der Waals surface area contributed by atoms with E-state index in [0.29, 0.717) is 41.4 Å². The van der Waals surface area contributed by atoms with Gasteiger partial charge in [0.05, 0.1) is 50.3 Å². The Morgan fingerprint density at radius 1 is 1.14 bits per heavy atom. The van der Waals surface area contributed by atoms with Crippen LogP contribution in [0.2, 0.25) is 0 Å². The first kappa shape index (κ1) is 18.8. The van der Waals surface area contributed by atoms with Gasteiger partial charge in [-0.15, -0.1) is 0 Å². The Hall–Kier alpha value is -3.55. The topological polar surface area (TPSA) is 84.0 Å². The number of benzene rings is 1. The number of nitrogens with one attached hydrogen (secondary N) is 1. The second-order valence-electron chi connectivity index (χ2n) is 6.87. The van der Waals surface area contributed by atoms with E-state index >= 15 is 0 Å². The normalized spacial score (nSPS) is 18.7. The van der Waals surface area contributed by atoms with Crippen molar-refractivity contribution in [2.75, 3.05) is 27.8 Å². The van der Waals surface area contributed by atoms with Crippen LogP contribution in [0.3, 0.4) is 0 Å². The molecule has 8 heteroatoms. The lowest BCUT2D eigenvalue weighted by Crippen LogP contribution is -2.45. The van der Waals surface area contributed by atoms with Crippen LogP contribution in [0.1, 0.15) is 17.3 Å². The molecule has 3 heterocycles. The smallest absolute Gasteiger partial charge is 0.322 e. The summed E-state index contributed by atoms with van der Waals surface area (Å²) in [5.41, 5.74) is 2.69. The van der Waals surface area contributed by atoms with E-state index in [1.54, 1.807) is 31.3 Å². The Kier molecular flexibility index (Phi) is 4.84. The summed E-state index contributed by atoms with van der Waals surface area (Å²) < 4.78 is 10.9. The lowest BCUT2D eigenvalue weighted by atomic mass is 9.94. The van der Waals surface area contributed by atoms with Crippen LogP contribution < -0.4 is 14.8 Å². The number of methoxy groups -OCH3 is 2. The van der Waals surface area contributed by atoms with Crippen LogP contribution in [0.4, 0.5) is 4.79 Å². The third kappa shape index (κ3) is 3.16. The number of urea groups is 1. The van der Waals surface area contributed by atoms with Crippen molar-refractivity contribution >= 4 is 11.9 Å². The van der Waals surface area contributed by atoms with Gasteiger partial charge in [0.2, 0.25) is 0 Å². The minimum atomic E-state index is -0.625. The van der Waals surface area contributed by atoms with Gasteiger partial charge in [0.25, 0.3) is 5.91 Å². The quantitative estimate of drug-likeness (QED) is 0.840. The third-order valence-electron chi connectivity index (χ3n) is 5.26. The number of hydrogen-bond donors (Lipinski definition) is 1. The highest BCUT2D eigenvalue weighted by molar-refractivity contribution is 6.01. The molecular formula is C21H22N4O4. The highest BCUT2D eigenvalue weighted by Crippen LogP contribution is 2.42. The van der Waals surface area contributed by atoms with E-state index in [4.69, 9.17) is 9.47 Å². The Bertz CT molecular complexity index is 989. The van der Waals surface area contributed by atoms with Crippen LogP contribution in [0.15, 0.2) is 53.9 Å². The number of aromatic nitrogens is 1. The Morgan fingerprint density at radius 3 is 2.66 bits per heavy atom. The first-order chi connectivity index (χ1) is 14.0. The van der Waals surface area contributed by atoms with Crippen LogP contribution in [0.5, 0.6) is 11.5 Å². The Balaban J connectivity index is 1.74. The first-order valence-corrected chi connectivity index (χ1v) is 9.22. The molecule has 0 aliphatic carbocycles. The lowest BCUT2D eigenvalue weighted by molar-refractivity contribution is -0.126. The second-order valence-corrected chi connectivity index (χ2v) is 6.87. The maximum absolute atomic E-state index is 13.3. The number of amides is 3. The van der Waals surface area contributed by atoms with Gasteiger partial charge in [0, 0.05) is 18.8 Å². The maximum atomic E-state index is 13.3. The van der Waals surface area contributed by atoms with E-state index in [0.717, 1.165) is 5.69 Å². The summed E-state index contributed by atoms with van der Waals surface area (Å²) in [5, 5.41) is 2.93. The molecule has 150 valence electrons. The summed E-state index contributed by atoms with van der Waals surface area (Å²) in [6, 6.07) is 10.1. The molecule has 0 fully saturated rings. The molecule has 0 bridgehead atoms. The van der Waals surface area contributed by atoms with Crippen molar-refractivity contribution in [3.63, 3.8) is 0 Å². The number of pyridine rings is 1. The first-order valence-electron chi connectivity index (χ1n) is 9.22. The molecule has 2 aromatic rings. The fourth-order valence-corrected chi connectivity index (χ4v) is 3.81. The van der Waals surface area contributed by atoms with Crippen LogP contribution in [-0.4, -0.2) is 54.5 Å². The third-order valence-corrected chi connectivity index (χ3v) is 5.26. The summed E-state index contributed by atoms with van der Waals surface area (Å²) in [5.74, 6) is 0.899. The van der Waals surface area contributed by atoms with Crippen molar-refractivity contribution in [2.24, 2.45) is 0 Å². The SMILES string of the molecule is COc1cccc(C2NC(=O)N(C)C3=C2C(=O)N(Cc2ccccn2)C3)c1OC. The van der Waals surface area contributed by atoms with E-state index in [9.17, 15) is 9.59 Å². The van der Waals surface area contributed by atoms with Gasteiger partial charge in [-0.2, -0.15) is 0 Å². The molecule has 2 aliphatic rings. The monoisotopic (exact) mass is 394 g/mol. The number of para-hydroxylation sites is 1. The van der Waals surface area contributed by atoms with E-state index in [-0.39, 0.29) is 11.9 Å². The van der Waals surface area contributed by atoms with Crippen LogP contribution in [0.25, 0.3) is 0 Å². The molecular weight excluding hydrogens is 372 g/mol. The molecule has 1 unspecified atom stereocenters. The number of ether oxygens (including phenoxy) is 2. The molecule has 8 nitrogen and oxygen atoms in total. The van der Waals surface area contributed by atoms with Crippen molar-refractivity contribution in [2.45, 2.75) is 12.6 Å². The van der Waals surface area contributed by atoms with Crippen molar-refractivity contribution in [1.82, 2.24) is 20.1 Å². The minimum absolute atomic E-state index is 0.132. The summed E-state index contributed by atoms with van der Waals surface area (Å²) >= 11 is 0. The number of carbonyl (C=O) groups excluding carboxylic acids is 2. The predicted octanol–water partition coefficient (Wildman–Crippen LogP) is 2.09. The summed E-state index contributed by atoms with van der Waals surface area (Å²) in [4.78, 5) is 33.4. The van der Waals surface area contributed by atoms with Gasteiger partial charge in [-0.1, -0.05) is 18.2 Å². The molecule has 1 atom stereocenters. The second kappa shape index (κ2) is 7.46. The van der Waals surface area contributed by atoms with Gasteiger partial charge >= 0.3 is 6.03 Å².